The summed E-state index contributed by atoms with van der Waals surface area (Å²) in [5.41, 5.74) is 3.91. The molecule has 0 amide bonds. The van der Waals surface area contributed by atoms with Crippen LogP contribution < -0.4 is 15.5 Å². The van der Waals surface area contributed by atoms with Crippen LogP contribution in [0.2, 0.25) is 0 Å². The molecule has 1 aromatic carbocycles. The summed E-state index contributed by atoms with van der Waals surface area (Å²) in [5.74, 6) is 1.69. The van der Waals surface area contributed by atoms with E-state index in [0.717, 1.165) is 48.2 Å². The minimum atomic E-state index is 0.152. The molecule has 31 heavy (non-hydrogen) atoms. The monoisotopic (exact) mass is 412 g/mol. The minimum Gasteiger partial charge on any atom is -0.364 e. The van der Waals surface area contributed by atoms with E-state index in [0.29, 0.717) is 12.1 Å². The first-order valence-electron chi connectivity index (χ1n) is 10.7. The molecule has 0 saturated carbocycles. The van der Waals surface area contributed by atoms with Gasteiger partial charge in [0.25, 0.3) is 0 Å². The van der Waals surface area contributed by atoms with Gasteiger partial charge in [0, 0.05) is 49.0 Å². The summed E-state index contributed by atoms with van der Waals surface area (Å²) in [6.07, 6.45) is 4.58. The summed E-state index contributed by atoms with van der Waals surface area (Å²) in [6.45, 7) is 4.08. The third-order valence-electron chi connectivity index (χ3n) is 6.28. The molecule has 2 bridgehead atoms. The molecule has 2 aliphatic rings. The van der Waals surface area contributed by atoms with E-state index in [2.05, 4.69) is 67.9 Å². The molecule has 3 atom stereocenters. The van der Waals surface area contributed by atoms with Crippen molar-refractivity contribution < 1.29 is 0 Å². The van der Waals surface area contributed by atoms with Crippen LogP contribution >= 0.6 is 0 Å². The first-order chi connectivity index (χ1) is 15.2. The van der Waals surface area contributed by atoms with Crippen LogP contribution in [-0.4, -0.2) is 49.7 Å². The summed E-state index contributed by atoms with van der Waals surface area (Å²) in [5, 5.41) is 11.5. The van der Waals surface area contributed by atoms with Crippen molar-refractivity contribution in [1.82, 2.24) is 29.9 Å². The van der Waals surface area contributed by atoms with Gasteiger partial charge < -0.3 is 15.5 Å². The summed E-state index contributed by atoms with van der Waals surface area (Å²) < 4.78 is 1.85. The lowest BCUT2D eigenvalue weighted by Gasteiger charge is -2.28. The number of hydrogen-bond donors (Lipinski definition) is 2. The van der Waals surface area contributed by atoms with Gasteiger partial charge in [0.1, 0.15) is 12.1 Å². The Balaban J connectivity index is 1.34. The zero-order valence-electron chi connectivity index (χ0n) is 17.3. The van der Waals surface area contributed by atoms with Crippen LogP contribution in [0.5, 0.6) is 0 Å². The number of aromatic nitrogens is 5. The molecule has 2 aliphatic heterocycles. The number of anilines is 2. The lowest BCUT2D eigenvalue weighted by molar-refractivity contribution is 0.567. The van der Waals surface area contributed by atoms with Crippen molar-refractivity contribution >= 4 is 17.4 Å². The van der Waals surface area contributed by atoms with E-state index in [4.69, 9.17) is 4.98 Å². The zero-order valence-corrected chi connectivity index (χ0v) is 17.3. The van der Waals surface area contributed by atoms with Gasteiger partial charge in [-0.1, -0.05) is 30.3 Å². The largest absolute Gasteiger partial charge is 0.364 e. The number of benzene rings is 1. The number of fused-ring (bicyclic) bond motifs is 3. The topological polar surface area (TPSA) is 83.3 Å². The first kappa shape index (κ1) is 18.3. The van der Waals surface area contributed by atoms with Gasteiger partial charge in [-0.15, -0.1) is 0 Å². The zero-order chi connectivity index (χ0) is 20.8. The lowest BCUT2D eigenvalue weighted by atomic mass is 10.1. The first-order valence-corrected chi connectivity index (χ1v) is 10.7. The third kappa shape index (κ3) is 3.29. The van der Waals surface area contributed by atoms with Crippen molar-refractivity contribution in [3.05, 3.63) is 66.6 Å². The Kier molecular flexibility index (Phi) is 4.31. The number of nitrogens with zero attached hydrogens (tertiary/aromatic N) is 6. The Hall–Kier alpha value is -3.52. The molecule has 1 unspecified atom stereocenters. The van der Waals surface area contributed by atoms with Gasteiger partial charge >= 0.3 is 0 Å². The molecule has 3 aromatic heterocycles. The molecule has 6 rings (SSSR count). The smallest absolute Gasteiger partial charge is 0.229 e. The van der Waals surface area contributed by atoms with Crippen molar-refractivity contribution in [2.75, 3.05) is 23.3 Å². The molecule has 156 valence electrons. The fraction of sp³-hybridized carbons (Fsp3) is 0.304. The van der Waals surface area contributed by atoms with Gasteiger partial charge in [-0.25, -0.2) is 15.0 Å². The lowest BCUT2D eigenvalue weighted by Crippen LogP contribution is -2.44. The Morgan fingerprint density at radius 2 is 2.03 bits per heavy atom. The van der Waals surface area contributed by atoms with Gasteiger partial charge in [0.2, 0.25) is 5.95 Å². The van der Waals surface area contributed by atoms with Gasteiger partial charge in [0.15, 0.2) is 5.65 Å². The van der Waals surface area contributed by atoms with E-state index in [1.165, 1.54) is 5.56 Å². The van der Waals surface area contributed by atoms with E-state index < -0.39 is 0 Å². The molecule has 0 aliphatic carbocycles. The second kappa shape index (κ2) is 7.31. The van der Waals surface area contributed by atoms with E-state index >= 15 is 0 Å². The molecule has 2 saturated heterocycles. The average Bonchev–Trinajstić information content (AvgIpc) is 3.56. The highest BCUT2D eigenvalue weighted by molar-refractivity contribution is 5.68. The normalized spacial score (nSPS) is 21.0. The highest BCUT2D eigenvalue weighted by atomic mass is 15.4. The van der Waals surface area contributed by atoms with E-state index in [1.807, 2.05) is 28.9 Å². The molecule has 8 nitrogen and oxygen atoms in total. The second-order valence-corrected chi connectivity index (χ2v) is 8.32. The van der Waals surface area contributed by atoms with Crippen molar-refractivity contribution in [3.63, 3.8) is 0 Å². The van der Waals surface area contributed by atoms with E-state index in [-0.39, 0.29) is 6.04 Å². The van der Waals surface area contributed by atoms with Crippen molar-refractivity contribution in [2.45, 2.75) is 31.5 Å². The highest BCUT2D eigenvalue weighted by Gasteiger charge is 2.39. The molecule has 8 heteroatoms. The summed E-state index contributed by atoms with van der Waals surface area (Å²) >= 11 is 0. The van der Waals surface area contributed by atoms with Gasteiger partial charge in [0.05, 0.1) is 5.69 Å². The van der Waals surface area contributed by atoms with Crippen molar-refractivity contribution in [1.29, 1.82) is 0 Å². The number of rotatable bonds is 5. The average molecular weight is 413 g/mol. The molecular formula is C23H24N8. The summed E-state index contributed by atoms with van der Waals surface area (Å²) in [6, 6.07) is 17.6. The SMILES string of the molecule is CC(Nc1cc(-c2cc3ncnn3c(N3C[C@@H]4C[C@H]3CN4)n2)ccn1)c1ccccc1. The van der Waals surface area contributed by atoms with Crippen LogP contribution in [0.4, 0.5) is 11.8 Å². The Labute approximate surface area is 180 Å². The number of nitrogens with one attached hydrogen (secondary N) is 2. The van der Waals surface area contributed by atoms with Crippen LogP contribution in [0.1, 0.15) is 24.9 Å². The highest BCUT2D eigenvalue weighted by Crippen LogP contribution is 2.31. The Bertz CT molecular complexity index is 1220. The van der Waals surface area contributed by atoms with Gasteiger partial charge in [-0.2, -0.15) is 9.61 Å². The standard InChI is InChI=1S/C23H24N8/c1-15(16-5-3-2-4-6-16)28-21-9-17(7-8-24-21)20-11-22-26-14-27-31(22)23(29-20)30-13-18-10-19(30)12-25-18/h2-9,11,14-15,18-19,25H,10,12-13H2,1H3,(H,24,28)/t15?,18-,19-/m0/s1. The molecule has 5 heterocycles. The summed E-state index contributed by atoms with van der Waals surface area (Å²) in [4.78, 5) is 16.4. The summed E-state index contributed by atoms with van der Waals surface area (Å²) in [7, 11) is 0. The van der Waals surface area contributed by atoms with Gasteiger partial charge in [-0.05, 0) is 31.0 Å². The van der Waals surface area contributed by atoms with E-state index in [1.54, 1.807) is 6.33 Å². The molecule has 0 radical (unpaired) electrons. The maximum atomic E-state index is 5.03. The van der Waals surface area contributed by atoms with Crippen LogP contribution in [0.3, 0.4) is 0 Å². The maximum Gasteiger partial charge on any atom is 0.229 e. The molecule has 2 N–H and O–H groups in total. The maximum absolute atomic E-state index is 5.03. The van der Waals surface area contributed by atoms with Crippen LogP contribution in [0, 0.1) is 0 Å². The molecule has 4 aromatic rings. The number of hydrogen-bond acceptors (Lipinski definition) is 7. The van der Waals surface area contributed by atoms with Gasteiger partial charge in [-0.3, -0.25) is 0 Å². The van der Waals surface area contributed by atoms with Crippen molar-refractivity contribution in [3.8, 4) is 11.3 Å². The van der Waals surface area contributed by atoms with Crippen molar-refractivity contribution in [2.24, 2.45) is 0 Å². The quantitative estimate of drug-likeness (QED) is 0.521. The number of pyridine rings is 1. The molecule has 0 spiro atoms. The van der Waals surface area contributed by atoms with Crippen LogP contribution in [0.15, 0.2) is 61.1 Å². The van der Waals surface area contributed by atoms with Crippen LogP contribution in [0.25, 0.3) is 16.9 Å². The predicted molar refractivity (Wildman–Crippen MR) is 120 cm³/mol. The van der Waals surface area contributed by atoms with E-state index in [9.17, 15) is 0 Å². The minimum absolute atomic E-state index is 0.152. The Morgan fingerprint density at radius 1 is 1.13 bits per heavy atom. The molecular weight excluding hydrogens is 388 g/mol. The molecule has 2 fully saturated rings. The number of piperazine rings is 1. The Morgan fingerprint density at radius 3 is 2.84 bits per heavy atom. The third-order valence-corrected chi connectivity index (χ3v) is 6.28. The fourth-order valence-electron chi connectivity index (χ4n) is 4.67. The second-order valence-electron chi connectivity index (χ2n) is 8.32. The van der Waals surface area contributed by atoms with Crippen LogP contribution in [-0.2, 0) is 0 Å². The predicted octanol–water partition coefficient (Wildman–Crippen LogP) is 2.91. The fourth-order valence-corrected chi connectivity index (χ4v) is 4.67.